The molecule has 0 aliphatic carbocycles. The number of hydrogen-bond acceptors (Lipinski definition) is 6. The van der Waals surface area contributed by atoms with E-state index in [1.165, 1.54) is 6.07 Å². The summed E-state index contributed by atoms with van der Waals surface area (Å²) < 4.78 is 16.7. The third-order valence-electron chi connectivity index (χ3n) is 4.43. The van der Waals surface area contributed by atoms with E-state index in [-0.39, 0.29) is 5.58 Å². The molecule has 0 amide bonds. The first-order valence-corrected chi connectivity index (χ1v) is 8.02. The molecular formula is C19H20O6. The van der Waals surface area contributed by atoms with Crippen molar-refractivity contribution in [3.05, 3.63) is 51.9 Å². The van der Waals surface area contributed by atoms with Gasteiger partial charge in [-0.1, -0.05) is 6.08 Å². The molecule has 1 aromatic carbocycles. The van der Waals surface area contributed by atoms with Gasteiger partial charge in [-0.25, -0.2) is 9.59 Å². The van der Waals surface area contributed by atoms with Crippen LogP contribution in [0.5, 0.6) is 5.75 Å². The number of hydrogen-bond donors (Lipinski definition) is 1. The zero-order valence-corrected chi connectivity index (χ0v) is 14.5. The molecule has 0 unspecified atom stereocenters. The van der Waals surface area contributed by atoms with Gasteiger partial charge in [0, 0.05) is 17.0 Å². The van der Waals surface area contributed by atoms with Crippen molar-refractivity contribution in [2.75, 3.05) is 0 Å². The molecular weight excluding hydrogens is 324 g/mol. The Kier molecular flexibility index (Phi) is 4.16. The van der Waals surface area contributed by atoms with Crippen LogP contribution in [0, 0.1) is 0 Å². The Bertz CT molecular complexity index is 921. The van der Waals surface area contributed by atoms with Gasteiger partial charge in [0.1, 0.15) is 23.0 Å². The zero-order chi connectivity index (χ0) is 18.4. The molecule has 2 atom stereocenters. The summed E-state index contributed by atoms with van der Waals surface area (Å²) >= 11 is 0. The minimum absolute atomic E-state index is 0.246. The van der Waals surface area contributed by atoms with Crippen LogP contribution >= 0.6 is 0 Å². The molecule has 0 spiro atoms. The molecule has 132 valence electrons. The third kappa shape index (κ3) is 2.93. The van der Waals surface area contributed by atoms with Crippen LogP contribution in [0.25, 0.3) is 11.0 Å². The number of carbonyl (C=O) groups excluding carboxylic acids is 1. The molecule has 2 heterocycles. The Morgan fingerprint density at radius 3 is 2.64 bits per heavy atom. The highest BCUT2D eigenvalue weighted by molar-refractivity contribution is 5.89. The van der Waals surface area contributed by atoms with Crippen molar-refractivity contribution in [3.8, 4) is 5.75 Å². The molecule has 6 nitrogen and oxygen atoms in total. The molecule has 1 aliphatic rings. The molecule has 3 rings (SSSR count). The van der Waals surface area contributed by atoms with Crippen molar-refractivity contribution in [2.24, 2.45) is 0 Å². The van der Waals surface area contributed by atoms with Crippen molar-refractivity contribution < 1.29 is 23.8 Å². The van der Waals surface area contributed by atoms with Crippen molar-refractivity contribution in [1.29, 1.82) is 0 Å². The molecule has 0 bridgehead atoms. The van der Waals surface area contributed by atoms with E-state index in [1.54, 1.807) is 52.0 Å². The predicted molar refractivity (Wildman–Crippen MR) is 91.5 cm³/mol. The van der Waals surface area contributed by atoms with Gasteiger partial charge in [-0.2, -0.15) is 0 Å². The number of aliphatic hydroxyl groups is 1. The quantitative estimate of drug-likeness (QED) is 0.512. The van der Waals surface area contributed by atoms with Crippen molar-refractivity contribution in [2.45, 2.75) is 45.5 Å². The lowest BCUT2D eigenvalue weighted by Crippen LogP contribution is -2.50. The molecule has 0 saturated carbocycles. The second-order valence-electron chi connectivity index (χ2n) is 6.60. The minimum Gasteiger partial charge on any atom is -0.484 e. The molecule has 0 fully saturated rings. The third-order valence-corrected chi connectivity index (χ3v) is 4.43. The Morgan fingerprint density at radius 1 is 1.28 bits per heavy atom. The van der Waals surface area contributed by atoms with Crippen LogP contribution in [0.15, 0.2) is 45.1 Å². The number of ether oxygens (including phenoxy) is 2. The summed E-state index contributed by atoms with van der Waals surface area (Å²) in [5, 5.41) is 11.4. The topological polar surface area (TPSA) is 86.0 Å². The molecule has 1 aromatic heterocycles. The second-order valence-corrected chi connectivity index (χ2v) is 6.60. The van der Waals surface area contributed by atoms with Gasteiger partial charge in [0.25, 0.3) is 0 Å². The second kappa shape index (κ2) is 6.04. The van der Waals surface area contributed by atoms with Gasteiger partial charge in [-0.15, -0.1) is 0 Å². The summed E-state index contributed by atoms with van der Waals surface area (Å²) in [6.45, 7) is 6.76. The molecule has 6 heteroatoms. The van der Waals surface area contributed by atoms with Crippen LogP contribution in [0.3, 0.4) is 0 Å². The first-order valence-electron chi connectivity index (χ1n) is 8.02. The number of allylic oxidation sites excluding steroid dienone is 1. The Morgan fingerprint density at radius 2 is 1.96 bits per heavy atom. The highest BCUT2D eigenvalue weighted by Crippen LogP contribution is 2.45. The fourth-order valence-electron chi connectivity index (χ4n) is 2.81. The lowest BCUT2D eigenvalue weighted by atomic mass is 9.87. The molecule has 2 aromatic rings. The van der Waals surface area contributed by atoms with Crippen molar-refractivity contribution >= 4 is 16.9 Å². The molecule has 1 N–H and O–H groups in total. The number of rotatable bonds is 2. The summed E-state index contributed by atoms with van der Waals surface area (Å²) in [6, 6.07) is 6.39. The van der Waals surface area contributed by atoms with Gasteiger partial charge < -0.3 is 19.0 Å². The van der Waals surface area contributed by atoms with Crippen LogP contribution in [0.4, 0.5) is 0 Å². The predicted octanol–water partition coefficient (Wildman–Crippen LogP) is 2.88. The zero-order valence-electron chi connectivity index (χ0n) is 14.5. The fourth-order valence-corrected chi connectivity index (χ4v) is 2.81. The SMILES string of the molecule is CC=C(C)C(=O)O[C@H]1c2c(ccc3ccc(=O)oc23)OC(C)(C)[C@H]1O. The fraction of sp³-hybridized carbons (Fsp3) is 0.368. The molecule has 0 saturated heterocycles. The van der Waals surface area contributed by atoms with E-state index in [0.29, 0.717) is 22.3 Å². The number of esters is 1. The monoisotopic (exact) mass is 344 g/mol. The van der Waals surface area contributed by atoms with Crippen molar-refractivity contribution in [3.63, 3.8) is 0 Å². The van der Waals surface area contributed by atoms with Crippen LogP contribution in [-0.4, -0.2) is 22.8 Å². The summed E-state index contributed by atoms with van der Waals surface area (Å²) in [7, 11) is 0. The van der Waals surface area contributed by atoms with E-state index in [2.05, 4.69) is 0 Å². The Hall–Kier alpha value is -2.60. The van der Waals surface area contributed by atoms with E-state index in [0.717, 1.165) is 0 Å². The van der Waals surface area contributed by atoms with E-state index >= 15 is 0 Å². The number of benzene rings is 1. The highest BCUT2D eigenvalue weighted by atomic mass is 16.6. The van der Waals surface area contributed by atoms with Crippen LogP contribution in [-0.2, 0) is 9.53 Å². The van der Waals surface area contributed by atoms with Gasteiger partial charge in [-0.05, 0) is 45.9 Å². The first-order chi connectivity index (χ1) is 11.7. The average molecular weight is 344 g/mol. The van der Waals surface area contributed by atoms with Crippen LogP contribution < -0.4 is 10.4 Å². The maximum Gasteiger partial charge on any atom is 0.336 e. The summed E-state index contributed by atoms with van der Waals surface area (Å²) in [5.41, 5.74) is -0.491. The summed E-state index contributed by atoms with van der Waals surface area (Å²) in [6.07, 6.45) is -0.524. The van der Waals surface area contributed by atoms with E-state index in [9.17, 15) is 14.7 Å². The smallest absolute Gasteiger partial charge is 0.336 e. The first kappa shape index (κ1) is 17.2. The number of aliphatic hydroxyl groups excluding tert-OH is 1. The maximum absolute atomic E-state index is 12.3. The molecule has 1 aliphatic heterocycles. The summed E-state index contributed by atoms with van der Waals surface area (Å²) in [4.78, 5) is 24.0. The largest absolute Gasteiger partial charge is 0.484 e. The van der Waals surface area contributed by atoms with Crippen molar-refractivity contribution in [1.82, 2.24) is 0 Å². The normalized spacial score (nSPS) is 22.2. The number of fused-ring (bicyclic) bond motifs is 3. The highest BCUT2D eigenvalue weighted by Gasteiger charge is 2.46. The van der Waals surface area contributed by atoms with E-state index in [4.69, 9.17) is 13.9 Å². The lowest BCUT2D eigenvalue weighted by Gasteiger charge is -2.41. The number of carbonyl (C=O) groups is 1. The van der Waals surface area contributed by atoms with Gasteiger partial charge in [0.15, 0.2) is 6.10 Å². The minimum atomic E-state index is -1.13. The maximum atomic E-state index is 12.3. The van der Waals surface area contributed by atoms with E-state index < -0.39 is 29.4 Å². The Balaban J connectivity index is 2.22. The lowest BCUT2D eigenvalue weighted by molar-refractivity contribution is -0.166. The van der Waals surface area contributed by atoms with Crippen LogP contribution in [0.1, 0.15) is 39.4 Å². The van der Waals surface area contributed by atoms with Gasteiger partial charge in [0.2, 0.25) is 0 Å². The average Bonchev–Trinajstić information content (AvgIpc) is 2.57. The van der Waals surface area contributed by atoms with Gasteiger partial charge in [0.05, 0.1) is 5.56 Å². The Labute approximate surface area is 144 Å². The van der Waals surface area contributed by atoms with E-state index in [1.807, 2.05) is 0 Å². The van der Waals surface area contributed by atoms with Gasteiger partial charge in [-0.3, -0.25) is 0 Å². The standard InChI is InChI=1S/C19H20O6/c1-5-10(2)18(22)24-16-14-12(25-19(3,4)17(16)21)8-6-11-7-9-13(20)23-15(11)14/h5-9,16-17,21H,1-4H3/t16-,17-/m0/s1. The summed E-state index contributed by atoms with van der Waals surface area (Å²) in [5.74, 6) is -0.140. The van der Waals surface area contributed by atoms with Crippen LogP contribution in [0.2, 0.25) is 0 Å². The van der Waals surface area contributed by atoms with Gasteiger partial charge >= 0.3 is 11.6 Å². The molecule has 0 radical (unpaired) electrons. The molecule has 25 heavy (non-hydrogen) atoms.